The fourth-order valence-electron chi connectivity index (χ4n) is 2.60. The normalized spacial score (nSPS) is 11.5. The lowest BCUT2D eigenvalue weighted by Crippen LogP contribution is -2.46. The Morgan fingerprint density at radius 1 is 1.08 bits per heavy atom. The lowest BCUT2D eigenvalue weighted by molar-refractivity contribution is -0.119. The number of carbonyl (C=O) groups excluding carboxylic acids is 2. The highest BCUT2D eigenvalue weighted by atomic mass is 16.2. The van der Waals surface area contributed by atoms with Crippen molar-refractivity contribution in [2.24, 2.45) is 5.73 Å². The number of benzene rings is 2. The van der Waals surface area contributed by atoms with E-state index in [1.54, 1.807) is 36.4 Å². The van der Waals surface area contributed by atoms with Crippen LogP contribution in [-0.2, 0) is 11.2 Å². The highest BCUT2D eigenvalue weighted by molar-refractivity contribution is 5.97. The second-order valence-electron chi connectivity index (χ2n) is 5.83. The van der Waals surface area contributed by atoms with E-state index in [2.05, 4.69) is 10.3 Å². The zero-order chi connectivity index (χ0) is 18.5. The first kappa shape index (κ1) is 17.1. The first-order valence-corrected chi connectivity index (χ1v) is 8.02. The SMILES string of the molecule is N#Cc1ccc(C[C@H](NC(=O)c2ccc3ccccc3n2)C(N)=O)cc1. The minimum atomic E-state index is -0.872. The molecule has 0 unspecified atom stereocenters. The van der Waals surface area contributed by atoms with Gasteiger partial charge in [0.1, 0.15) is 11.7 Å². The van der Waals surface area contributed by atoms with Crippen molar-refractivity contribution < 1.29 is 9.59 Å². The van der Waals surface area contributed by atoms with Crippen molar-refractivity contribution >= 4 is 22.7 Å². The molecule has 0 spiro atoms. The average molecular weight is 344 g/mol. The molecule has 0 aliphatic rings. The predicted molar refractivity (Wildman–Crippen MR) is 97.1 cm³/mol. The quantitative estimate of drug-likeness (QED) is 0.737. The molecule has 1 aromatic heterocycles. The number of hydrogen-bond donors (Lipinski definition) is 2. The van der Waals surface area contributed by atoms with Crippen molar-refractivity contribution in [1.82, 2.24) is 10.3 Å². The standard InChI is InChI=1S/C20H16N4O2/c21-12-14-7-5-13(6-8-14)11-18(19(22)25)24-20(26)17-10-9-15-3-1-2-4-16(15)23-17/h1-10,18H,11H2,(H2,22,25)(H,24,26)/t18-/m0/s1. The van der Waals surface area contributed by atoms with Gasteiger partial charge in [-0.3, -0.25) is 9.59 Å². The molecular weight excluding hydrogens is 328 g/mol. The summed E-state index contributed by atoms with van der Waals surface area (Å²) < 4.78 is 0. The van der Waals surface area contributed by atoms with Gasteiger partial charge in [0.05, 0.1) is 17.1 Å². The summed E-state index contributed by atoms with van der Waals surface area (Å²) in [7, 11) is 0. The predicted octanol–water partition coefficient (Wildman–Crippen LogP) is 1.93. The molecule has 3 aromatic rings. The van der Waals surface area contributed by atoms with Crippen LogP contribution in [0.3, 0.4) is 0 Å². The van der Waals surface area contributed by atoms with Crippen molar-refractivity contribution in [3.8, 4) is 6.07 Å². The van der Waals surface area contributed by atoms with Gasteiger partial charge in [-0.2, -0.15) is 5.26 Å². The number of nitriles is 1. The van der Waals surface area contributed by atoms with E-state index in [-0.39, 0.29) is 12.1 Å². The Morgan fingerprint density at radius 3 is 2.50 bits per heavy atom. The maximum atomic E-state index is 12.5. The summed E-state index contributed by atoms with van der Waals surface area (Å²) in [5.41, 5.74) is 7.66. The number of carbonyl (C=O) groups is 2. The number of aromatic nitrogens is 1. The van der Waals surface area contributed by atoms with Gasteiger partial charge >= 0.3 is 0 Å². The van der Waals surface area contributed by atoms with E-state index >= 15 is 0 Å². The molecule has 26 heavy (non-hydrogen) atoms. The van der Waals surface area contributed by atoms with Crippen molar-refractivity contribution in [3.63, 3.8) is 0 Å². The van der Waals surface area contributed by atoms with E-state index < -0.39 is 17.9 Å². The molecule has 3 N–H and O–H groups in total. The van der Waals surface area contributed by atoms with Crippen LogP contribution in [0.1, 0.15) is 21.6 Å². The summed E-state index contributed by atoms with van der Waals surface area (Å²) in [4.78, 5) is 28.5. The maximum absolute atomic E-state index is 12.5. The summed E-state index contributed by atoms with van der Waals surface area (Å²) in [6, 6.07) is 18.8. The maximum Gasteiger partial charge on any atom is 0.270 e. The molecule has 1 heterocycles. The fourth-order valence-corrected chi connectivity index (χ4v) is 2.60. The third-order valence-corrected chi connectivity index (χ3v) is 4.00. The van der Waals surface area contributed by atoms with Crippen LogP contribution in [0.4, 0.5) is 0 Å². The zero-order valence-electron chi connectivity index (χ0n) is 13.8. The van der Waals surface area contributed by atoms with E-state index in [0.717, 1.165) is 10.9 Å². The summed E-state index contributed by atoms with van der Waals surface area (Å²) in [6.07, 6.45) is 0.236. The Balaban J connectivity index is 1.76. The van der Waals surface area contributed by atoms with E-state index in [1.807, 2.05) is 30.3 Å². The minimum absolute atomic E-state index is 0.217. The first-order chi connectivity index (χ1) is 12.6. The average Bonchev–Trinajstić information content (AvgIpc) is 2.67. The highest BCUT2D eigenvalue weighted by Gasteiger charge is 2.20. The summed E-state index contributed by atoms with van der Waals surface area (Å²) in [6.45, 7) is 0. The van der Waals surface area contributed by atoms with Crippen molar-refractivity contribution in [2.75, 3.05) is 0 Å². The Morgan fingerprint density at radius 2 is 1.81 bits per heavy atom. The van der Waals surface area contributed by atoms with Crippen LogP contribution >= 0.6 is 0 Å². The minimum Gasteiger partial charge on any atom is -0.368 e. The fraction of sp³-hybridized carbons (Fsp3) is 0.100. The Bertz CT molecular complexity index is 1010. The number of para-hydroxylation sites is 1. The van der Waals surface area contributed by atoms with Gasteiger partial charge in [-0.15, -0.1) is 0 Å². The van der Waals surface area contributed by atoms with Gasteiger partial charge in [-0.05, 0) is 29.8 Å². The second-order valence-corrected chi connectivity index (χ2v) is 5.83. The molecule has 0 aliphatic carbocycles. The molecule has 2 amide bonds. The lowest BCUT2D eigenvalue weighted by atomic mass is 10.0. The van der Waals surface area contributed by atoms with Crippen molar-refractivity contribution in [3.05, 3.63) is 77.5 Å². The number of nitrogens with one attached hydrogen (secondary N) is 1. The molecule has 1 atom stereocenters. The van der Waals surface area contributed by atoms with Crippen LogP contribution in [0.15, 0.2) is 60.7 Å². The van der Waals surface area contributed by atoms with Crippen LogP contribution in [0.5, 0.6) is 0 Å². The number of nitrogens with zero attached hydrogens (tertiary/aromatic N) is 2. The van der Waals surface area contributed by atoms with Gasteiger partial charge in [-0.25, -0.2) is 4.98 Å². The number of primary amides is 1. The molecule has 3 rings (SSSR count). The second kappa shape index (κ2) is 7.45. The molecule has 0 saturated heterocycles. The molecule has 2 aromatic carbocycles. The van der Waals surface area contributed by atoms with Crippen LogP contribution in [0.25, 0.3) is 10.9 Å². The number of pyridine rings is 1. The summed E-state index contributed by atoms with van der Waals surface area (Å²) >= 11 is 0. The van der Waals surface area contributed by atoms with E-state index in [4.69, 9.17) is 11.0 Å². The zero-order valence-corrected chi connectivity index (χ0v) is 13.8. The van der Waals surface area contributed by atoms with Crippen LogP contribution in [0.2, 0.25) is 0 Å². The number of rotatable bonds is 5. The Labute approximate surface area is 150 Å². The van der Waals surface area contributed by atoms with Crippen molar-refractivity contribution in [1.29, 1.82) is 5.26 Å². The van der Waals surface area contributed by atoms with Crippen LogP contribution in [0, 0.1) is 11.3 Å². The topological polar surface area (TPSA) is 109 Å². The van der Waals surface area contributed by atoms with Crippen LogP contribution < -0.4 is 11.1 Å². The molecule has 0 bridgehead atoms. The summed E-state index contributed by atoms with van der Waals surface area (Å²) in [5.74, 6) is -1.10. The third-order valence-electron chi connectivity index (χ3n) is 4.00. The molecule has 0 aliphatic heterocycles. The van der Waals surface area contributed by atoms with Crippen LogP contribution in [-0.4, -0.2) is 22.8 Å². The number of fused-ring (bicyclic) bond motifs is 1. The van der Waals surface area contributed by atoms with Gasteiger partial charge < -0.3 is 11.1 Å². The smallest absolute Gasteiger partial charge is 0.270 e. The molecule has 128 valence electrons. The van der Waals surface area contributed by atoms with Gasteiger partial charge in [0.2, 0.25) is 5.91 Å². The van der Waals surface area contributed by atoms with E-state index in [1.165, 1.54) is 0 Å². The highest BCUT2D eigenvalue weighted by Crippen LogP contribution is 2.12. The van der Waals surface area contributed by atoms with Gasteiger partial charge in [0, 0.05) is 11.8 Å². The molecular formula is C20H16N4O2. The monoisotopic (exact) mass is 344 g/mol. The number of hydrogen-bond acceptors (Lipinski definition) is 4. The largest absolute Gasteiger partial charge is 0.368 e. The molecule has 0 saturated carbocycles. The molecule has 0 radical (unpaired) electrons. The van der Waals surface area contributed by atoms with E-state index in [0.29, 0.717) is 11.1 Å². The van der Waals surface area contributed by atoms with Gasteiger partial charge in [0.15, 0.2) is 0 Å². The molecule has 6 heteroatoms. The number of amides is 2. The lowest BCUT2D eigenvalue weighted by Gasteiger charge is -2.15. The van der Waals surface area contributed by atoms with Gasteiger partial charge in [-0.1, -0.05) is 36.4 Å². The molecule has 6 nitrogen and oxygen atoms in total. The molecule has 0 fully saturated rings. The van der Waals surface area contributed by atoms with Crippen molar-refractivity contribution in [2.45, 2.75) is 12.5 Å². The Hall–Kier alpha value is -3.72. The Kier molecular flexibility index (Phi) is 4.90. The summed E-state index contributed by atoms with van der Waals surface area (Å²) in [5, 5.41) is 12.4. The van der Waals surface area contributed by atoms with E-state index in [9.17, 15) is 9.59 Å². The first-order valence-electron chi connectivity index (χ1n) is 8.02. The number of nitrogens with two attached hydrogens (primary N) is 1. The third kappa shape index (κ3) is 3.84. The van der Waals surface area contributed by atoms with Gasteiger partial charge in [0.25, 0.3) is 5.91 Å².